The van der Waals surface area contributed by atoms with Gasteiger partial charge in [-0.3, -0.25) is 9.59 Å². The van der Waals surface area contributed by atoms with Gasteiger partial charge in [0.25, 0.3) is 0 Å². The van der Waals surface area contributed by atoms with Gasteiger partial charge in [0.2, 0.25) is 5.91 Å². The van der Waals surface area contributed by atoms with E-state index in [-0.39, 0.29) is 18.9 Å². The monoisotopic (exact) mass is 261 g/mol. The van der Waals surface area contributed by atoms with Crippen molar-refractivity contribution in [3.8, 4) is 0 Å². The van der Waals surface area contributed by atoms with Crippen LogP contribution in [-0.4, -0.2) is 45.4 Å². The maximum atomic E-state index is 11.7. The summed E-state index contributed by atoms with van der Waals surface area (Å²) in [7, 11) is 1.48. The number of aromatic nitrogens is 2. The van der Waals surface area contributed by atoms with Crippen molar-refractivity contribution in [1.29, 1.82) is 0 Å². The highest BCUT2D eigenvalue weighted by molar-refractivity contribution is 5.81. The van der Waals surface area contributed by atoms with Gasteiger partial charge in [0.15, 0.2) is 0 Å². The fourth-order valence-electron chi connectivity index (χ4n) is 1.83. The van der Waals surface area contributed by atoms with E-state index in [1.54, 1.807) is 0 Å². The molecule has 1 amide bonds. The molecule has 0 aliphatic carbocycles. The summed E-state index contributed by atoms with van der Waals surface area (Å²) >= 11 is 0. The van der Waals surface area contributed by atoms with Crippen LogP contribution >= 0.6 is 0 Å². The summed E-state index contributed by atoms with van der Waals surface area (Å²) in [5.74, 6) is -0.485. The smallest absolute Gasteiger partial charge is 0.323 e. The molecule has 1 aromatic carbocycles. The fourth-order valence-corrected chi connectivity index (χ4v) is 1.83. The van der Waals surface area contributed by atoms with Crippen molar-refractivity contribution in [3.05, 3.63) is 30.1 Å². The van der Waals surface area contributed by atoms with E-state index < -0.39 is 5.97 Å². The van der Waals surface area contributed by atoms with Crippen LogP contribution in [0.2, 0.25) is 0 Å². The van der Waals surface area contributed by atoms with E-state index in [9.17, 15) is 9.59 Å². The lowest BCUT2D eigenvalue weighted by molar-refractivity contribution is -0.143. The summed E-state index contributed by atoms with van der Waals surface area (Å²) in [4.78, 5) is 30.9. The summed E-state index contributed by atoms with van der Waals surface area (Å²) in [5, 5.41) is 8.60. The van der Waals surface area contributed by atoms with Crippen molar-refractivity contribution in [1.82, 2.24) is 14.9 Å². The van der Waals surface area contributed by atoms with Gasteiger partial charge in [0, 0.05) is 19.9 Å². The molecule has 0 saturated heterocycles. The molecule has 1 heterocycles. The number of aryl methyl sites for hydroxylation is 1. The first-order valence-corrected chi connectivity index (χ1v) is 5.95. The number of carboxylic acids is 1. The van der Waals surface area contributed by atoms with E-state index in [1.807, 2.05) is 24.3 Å². The molecule has 2 N–H and O–H groups in total. The number of nitrogens with zero attached hydrogens (tertiary/aromatic N) is 2. The van der Waals surface area contributed by atoms with Gasteiger partial charge in [-0.15, -0.1) is 0 Å². The van der Waals surface area contributed by atoms with Gasteiger partial charge >= 0.3 is 5.97 Å². The van der Waals surface area contributed by atoms with E-state index >= 15 is 0 Å². The van der Waals surface area contributed by atoms with Crippen molar-refractivity contribution < 1.29 is 14.7 Å². The number of hydrogen-bond donors (Lipinski definition) is 2. The number of H-pyrrole nitrogens is 1. The predicted octanol–water partition coefficient (Wildman–Crippen LogP) is 1.04. The molecule has 2 aromatic rings. The van der Waals surface area contributed by atoms with Crippen molar-refractivity contribution in [2.45, 2.75) is 12.8 Å². The lowest BCUT2D eigenvalue weighted by atomic mass is 10.2. The minimum atomic E-state index is -1.01. The number of hydrogen-bond acceptors (Lipinski definition) is 3. The third-order valence-electron chi connectivity index (χ3n) is 2.81. The van der Waals surface area contributed by atoms with Crippen molar-refractivity contribution in [2.24, 2.45) is 0 Å². The van der Waals surface area contributed by atoms with Crippen molar-refractivity contribution in [3.63, 3.8) is 0 Å². The maximum Gasteiger partial charge on any atom is 0.323 e. The largest absolute Gasteiger partial charge is 0.480 e. The Morgan fingerprint density at radius 3 is 2.79 bits per heavy atom. The highest BCUT2D eigenvalue weighted by Crippen LogP contribution is 2.11. The molecule has 2 rings (SSSR count). The molecule has 0 bridgehead atoms. The molecular weight excluding hydrogens is 246 g/mol. The molecule has 0 radical (unpaired) electrons. The molecule has 0 spiro atoms. The lowest BCUT2D eigenvalue weighted by Crippen LogP contribution is -2.32. The Labute approximate surface area is 110 Å². The number of imidazole rings is 1. The number of rotatable bonds is 5. The molecular formula is C13H15N3O3. The Morgan fingerprint density at radius 1 is 1.37 bits per heavy atom. The third kappa shape index (κ3) is 3.31. The zero-order chi connectivity index (χ0) is 13.8. The summed E-state index contributed by atoms with van der Waals surface area (Å²) in [6.45, 7) is -0.279. The molecule has 100 valence electrons. The van der Waals surface area contributed by atoms with Crippen LogP contribution in [0.3, 0.4) is 0 Å². The molecule has 0 aliphatic heterocycles. The molecule has 0 atom stereocenters. The third-order valence-corrected chi connectivity index (χ3v) is 2.81. The summed E-state index contributed by atoms with van der Waals surface area (Å²) in [5.41, 5.74) is 1.80. The number of nitrogens with one attached hydrogen (secondary N) is 1. The number of aromatic amines is 1. The number of carbonyl (C=O) groups is 2. The summed E-state index contributed by atoms with van der Waals surface area (Å²) in [6, 6.07) is 7.63. The second kappa shape index (κ2) is 5.51. The zero-order valence-corrected chi connectivity index (χ0v) is 10.6. The normalized spacial score (nSPS) is 10.6. The zero-order valence-electron chi connectivity index (χ0n) is 10.6. The SMILES string of the molecule is CN(CC(=O)O)C(=O)CCc1nc2ccccc2[nH]1. The molecule has 0 unspecified atom stereocenters. The van der Waals surface area contributed by atoms with Gasteiger partial charge in [0.05, 0.1) is 11.0 Å². The van der Waals surface area contributed by atoms with E-state index in [0.29, 0.717) is 6.42 Å². The Hall–Kier alpha value is -2.37. The van der Waals surface area contributed by atoms with E-state index in [0.717, 1.165) is 16.9 Å². The van der Waals surface area contributed by atoms with E-state index in [4.69, 9.17) is 5.11 Å². The van der Waals surface area contributed by atoms with Crippen molar-refractivity contribution >= 4 is 22.9 Å². The number of benzene rings is 1. The highest BCUT2D eigenvalue weighted by atomic mass is 16.4. The molecule has 0 fully saturated rings. The first kappa shape index (κ1) is 13.1. The topological polar surface area (TPSA) is 86.3 Å². The first-order chi connectivity index (χ1) is 9.06. The average Bonchev–Trinajstić information content (AvgIpc) is 2.77. The number of para-hydroxylation sites is 2. The molecule has 1 aromatic heterocycles. The van der Waals surface area contributed by atoms with Crippen LogP contribution in [0.25, 0.3) is 11.0 Å². The molecule has 6 nitrogen and oxygen atoms in total. The number of aliphatic carboxylic acids is 1. The lowest BCUT2D eigenvalue weighted by Gasteiger charge is -2.13. The number of likely N-dealkylation sites (N-methyl/N-ethyl adjacent to an activating group) is 1. The summed E-state index contributed by atoms with van der Waals surface area (Å²) in [6.07, 6.45) is 0.709. The van der Waals surface area contributed by atoms with Gasteiger partial charge in [0.1, 0.15) is 12.4 Å². The number of carboxylic acid groups (broad SMARTS) is 1. The van der Waals surface area contributed by atoms with Gasteiger partial charge in [-0.2, -0.15) is 0 Å². The van der Waals surface area contributed by atoms with Gasteiger partial charge in [-0.25, -0.2) is 4.98 Å². The second-order valence-electron chi connectivity index (χ2n) is 4.34. The Bertz CT molecular complexity index is 573. The second-order valence-corrected chi connectivity index (χ2v) is 4.34. The Kier molecular flexibility index (Phi) is 3.79. The number of fused-ring (bicyclic) bond motifs is 1. The van der Waals surface area contributed by atoms with Crippen molar-refractivity contribution in [2.75, 3.05) is 13.6 Å². The van der Waals surface area contributed by atoms with Gasteiger partial charge in [-0.1, -0.05) is 12.1 Å². The standard InChI is InChI=1S/C13H15N3O3/c1-16(8-13(18)19)12(17)7-6-11-14-9-4-2-3-5-10(9)15-11/h2-5H,6-8H2,1H3,(H,14,15)(H,18,19). The van der Waals surface area contributed by atoms with Crippen LogP contribution in [0.4, 0.5) is 0 Å². The van der Waals surface area contributed by atoms with Crippen LogP contribution in [0.5, 0.6) is 0 Å². The van der Waals surface area contributed by atoms with Crippen LogP contribution in [0.15, 0.2) is 24.3 Å². The van der Waals surface area contributed by atoms with E-state index in [1.165, 1.54) is 11.9 Å². The number of amides is 1. The van der Waals surface area contributed by atoms with Crippen LogP contribution in [0.1, 0.15) is 12.2 Å². The Balaban J connectivity index is 1.94. The van der Waals surface area contributed by atoms with Crippen LogP contribution in [0, 0.1) is 0 Å². The van der Waals surface area contributed by atoms with Gasteiger partial charge < -0.3 is 15.0 Å². The van der Waals surface area contributed by atoms with E-state index in [2.05, 4.69) is 9.97 Å². The van der Waals surface area contributed by atoms with Crippen LogP contribution < -0.4 is 0 Å². The first-order valence-electron chi connectivity index (χ1n) is 5.95. The molecule has 0 aliphatic rings. The van der Waals surface area contributed by atoms with Crippen LogP contribution in [-0.2, 0) is 16.0 Å². The average molecular weight is 261 g/mol. The van der Waals surface area contributed by atoms with Gasteiger partial charge in [-0.05, 0) is 12.1 Å². The minimum absolute atomic E-state index is 0.206. The Morgan fingerprint density at radius 2 is 2.11 bits per heavy atom. The predicted molar refractivity (Wildman–Crippen MR) is 69.7 cm³/mol. The highest BCUT2D eigenvalue weighted by Gasteiger charge is 2.12. The fraction of sp³-hybridized carbons (Fsp3) is 0.308. The quantitative estimate of drug-likeness (QED) is 0.842. The molecule has 19 heavy (non-hydrogen) atoms. The molecule has 0 saturated carbocycles. The summed E-state index contributed by atoms with van der Waals surface area (Å²) < 4.78 is 0. The maximum absolute atomic E-state index is 11.7. The number of carbonyl (C=O) groups excluding carboxylic acids is 1. The minimum Gasteiger partial charge on any atom is -0.480 e. The molecule has 6 heteroatoms.